The molecule has 1 rings (SSSR count). The predicted molar refractivity (Wildman–Crippen MR) is 102 cm³/mol. The van der Waals surface area contributed by atoms with Crippen LogP contribution < -0.4 is 21.7 Å². The number of carboxylic acid groups (broad SMARTS) is 1. The number of aromatic hydroxyl groups is 1. The minimum absolute atomic E-state index is 0.0203. The zero-order chi connectivity index (χ0) is 22.1. The number of phenolic OH excluding ortho intramolecular Hbond substituents is 1. The summed E-state index contributed by atoms with van der Waals surface area (Å²) in [5.41, 5.74) is 5.93. The highest BCUT2D eigenvalue weighted by molar-refractivity contribution is 5.93. The lowest BCUT2D eigenvalue weighted by atomic mass is 10.1. The summed E-state index contributed by atoms with van der Waals surface area (Å²) in [5, 5.41) is 34.4. The van der Waals surface area contributed by atoms with E-state index in [1.165, 1.54) is 38.1 Å². The van der Waals surface area contributed by atoms with Gasteiger partial charge in [0.05, 0.1) is 6.61 Å². The van der Waals surface area contributed by atoms with E-state index in [0.29, 0.717) is 5.56 Å². The SMILES string of the molecule is CC(NC(=O)C(N)CO)C(=O)NC(C)C(=O)NC(Cc1ccc(O)cc1)C(=O)O. The second-order valence-corrected chi connectivity index (χ2v) is 6.52. The standard InChI is InChI=1S/C18H26N4O7/c1-9(21-17(27)13(19)8-23)15(25)20-10(2)16(26)22-14(18(28)29)7-11-3-5-12(24)6-4-11/h3-6,9-10,13-14,23-24H,7-8,19H2,1-2H3,(H,20,25)(H,21,27)(H,22,26)(H,28,29). The number of amides is 3. The van der Waals surface area contributed by atoms with E-state index in [1.54, 1.807) is 0 Å². The summed E-state index contributed by atoms with van der Waals surface area (Å²) < 4.78 is 0. The Labute approximate surface area is 167 Å². The minimum Gasteiger partial charge on any atom is -0.508 e. The molecule has 0 aliphatic rings. The topological polar surface area (TPSA) is 191 Å². The smallest absolute Gasteiger partial charge is 0.326 e. The zero-order valence-corrected chi connectivity index (χ0v) is 16.1. The molecule has 11 heteroatoms. The number of aliphatic carboxylic acids is 1. The molecule has 0 bridgehead atoms. The first-order valence-corrected chi connectivity index (χ1v) is 8.83. The number of hydrogen-bond donors (Lipinski definition) is 7. The van der Waals surface area contributed by atoms with Crippen LogP contribution in [0.4, 0.5) is 0 Å². The fraction of sp³-hybridized carbons (Fsp3) is 0.444. The Hall–Kier alpha value is -3.18. The highest BCUT2D eigenvalue weighted by Crippen LogP contribution is 2.11. The van der Waals surface area contributed by atoms with Crippen molar-refractivity contribution in [1.82, 2.24) is 16.0 Å². The van der Waals surface area contributed by atoms with E-state index in [1.807, 2.05) is 0 Å². The summed E-state index contributed by atoms with van der Waals surface area (Å²) in [6, 6.07) is 1.34. The van der Waals surface area contributed by atoms with E-state index in [4.69, 9.17) is 10.8 Å². The van der Waals surface area contributed by atoms with Crippen LogP contribution in [-0.2, 0) is 25.6 Å². The fourth-order valence-corrected chi connectivity index (χ4v) is 2.24. The molecular weight excluding hydrogens is 384 g/mol. The Balaban J connectivity index is 2.63. The molecule has 160 valence electrons. The van der Waals surface area contributed by atoms with Crippen molar-refractivity contribution in [2.45, 2.75) is 44.4 Å². The molecule has 0 spiro atoms. The van der Waals surface area contributed by atoms with E-state index in [0.717, 1.165) is 0 Å². The van der Waals surface area contributed by atoms with Gasteiger partial charge in [-0.15, -0.1) is 0 Å². The number of nitrogens with one attached hydrogen (secondary N) is 3. The Morgan fingerprint density at radius 3 is 1.90 bits per heavy atom. The summed E-state index contributed by atoms with van der Waals surface area (Å²) in [6.07, 6.45) is -0.0203. The Kier molecular flexibility index (Phi) is 9.03. The summed E-state index contributed by atoms with van der Waals surface area (Å²) in [5.74, 6) is -3.37. The van der Waals surface area contributed by atoms with E-state index < -0.39 is 54.5 Å². The lowest BCUT2D eigenvalue weighted by Gasteiger charge is -2.21. The van der Waals surface area contributed by atoms with Crippen molar-refractivity contribution in [3.8, 4) is 5.75 Å². The van der Waals surface area contributed by atoms with Gasteiger partial charge in [0.2, 0.25) is 17.7 Å². The van der Waals surface area contributed by atoms with Crippen LogP contribution in [0.2, 0.25) is 0 Å². The highest BCUT2D eigenvalue weighted by Gasteiger charge is 2.26. The maximum absolute atomic E-state index is 12.3. The quantitative estimate of drug-likeness (QED) is 0.227. The number of hydrogen-bond acceptors (Lipinski definition) is 7. The number of phenols is 1. The number of carbonyl (C=O) groups is 4. The number of carbonyl (C=O) groups excluding carboxylic acids is 3. The van der Waals surface area contributed by atoms with Crippen molar-refractivity contribution in [1.29, 1.82) is 0 Å². The third-order valence-corrected chi connectivity index (χ3v) is 4.03. The van der Waals surface area contributed by atoms with E-state index in [2.05, 4.69) is 16.0 Å². The molecule has 1 aromatic rings. The third kappa shape index (κ3) is 7.76. The molecule has 1 aromatic carbocycles. The number of nitrogens with two attached hydrogens (primary N) is 1. The molecule has 0 saturated carbocycles. The Bertz CT molecular complexity index is 738. The first-order valence-electron chi connectivity index (χ1n) is 8.83. The van der Waals surface area contributed by atoms with Crippen LogP contribution >= 0.6 is 0 Å². The summed E-state index contributed by atoms with van der Waals surface area (Å²) >= 11 is 0. The molecule has 0 fully saturated rings. The van der Waals surface area contributed by atoms with Crippen molar-refractivity contribution in [3.63, 3.8) is 0 Å². The maximum Gasteiger partial charge on any atom is 0.326 e. The summed E-state index contributed by atoms with van der Waals surface area (Å²) in [7, 11) is 0. The average Bonchev–Trinajstić information content (AvgIpc) is 2.67. The molecule has 0 saturated heterocycles. The van der Waals surface area contributed by atoms with Gasteiger partial charge >= 0.3 is 5.97 Å². The van der Waals surface area contributed by atoms with Gasteiger partial charge in [0, 0.05) is 6.42 Å². The molecule has 0 aliphatic heterocycles. The molecule has 4 unspecified atom stereocenters. The van der Waals surface area contributed by atoms with Crippen LogP contribution in [-0.4, -0.2) is 69.8 Å². The number of aliphatic hydroxyl groups excluding tert-OH is 1. The zero-order valence-electron chi connectivity index (χ0n) is 16.1. The molecule has 11 nitrogen and oxygen atoms in total. The fourth-order valence-electron chi connectivity index (χ4n) is 2.24. The monoisotopic (exact) mass is 410 g/mol. The van der Waals surface area contributed by atoms with E-state index in [9.17, 15) is 29.4 Å². The number of rotatable bonds is 10. The molecule has 8 N–H and O–H groups in total. The highest BCUT2D eigenvalue weighted by atomic mass is 16.4. The van der Waals surface area contributed by atoms with Gasteiger partial charge in [0.25, 0.3) is 0 Å². The van der Waals surface area contributed by atoms with Crippen LogP contribution in [0, 0.1) is 0 Å². The van der Waals surface area contributed by atoms with Gasteiger partial charge in [-0.3, -0.25) is 14.4 Å². The largest absolute Gasteiger partial charge is 0.508 e. The van der Waals surface area contributed by atoms with Gasteiger partial charge in [-0.1, -0.05) is 12.1 Å². The van der Waals surface area contributed by atoms with Crippen molar-refractivity contribution < 1.29 is 34.5 Å². The number of carboxylic acids is 1. The van der Waals surface area contributed by atoms with Crippen LogP contribution in [0.3, 0.4) is 0 Å². The first kappa shape index (κ1) is 23.9. The molecule has 4 atom stereocenters. The van der Waals surface area contributed by atoms with Gasteiger partial charge in [-0.25, -0.2) is 4.79 Å². The lowest BCUT2D eigenvalue weighted by Crippen LogP contribution is -2.56. The Morgan fingerprint density at radius 1 is 0.931 bits per heavy atom. The molecule has 29 heavy (non-hydrogen) atoms. The van der Waals surface area contributed by atoms with Gasteiger partial charge in [-0.2, -0.15) is 0 Å². The van der Waals surface area contributed by atoms with Crippen molar-refractivity contribution in [2.75, 3.05) is 6.61 Å². The molecule has 0 aliphatic carbocycles. The van der Waals surface area contributed by atoms with Gasteiger partial charge in [0.15, 0.2) is 0 Å². The van der Waals surface area contributed by atoms with Crippen LogP contribution in [0.5, 0.6) is 5.75 Å². The van der Waals surface area contributed by atoms with Crippen LogP contribution in [0.15, 0.2) is 24.3 Å². The molecule has 0 aromatic heterocycles. The molecule has 3 amide bonds. The second kappa shape index (κ2) is 11.0. The van der Waals surface area contributed by atoms with Crippen LogP contribution in [0.25, 0.3) is 0 Å². The van der Waals surface area contributed by atoms with Crippen molar-refractivity contribution in [2.24, 2.45) is 5.73 Å². The van der Waals surface area contributed by atoms with Crippen molar-refractivity contribution in [3.05, 3.63) is 29.8 Å². The van der Waals surface area contributed by atoms with Crippen LogP contribution in [0.1, 0.15) is 19.4 Å². The van der Waals surface area contributed by atoms with E-state index >= 15 is 0 Å². The lowest BCUT2D eigenvalue weighted by molar-refractivity contribution is -0.142. The Morgan fingerprint density at radius 2 is 1.41 bits per heavy atom. The van der Waals surface area contributed by atoms with Gasteiger partial charge in [-0.05, 0) is 31.5 Å². The van der Waals surface area contributed by atoms with Crippen molar-refractivity contribution >= 4 is 23.7 Å². The molecule has 0 radical (unpaired) electrons. The minimum atomic E-state index is -1.26. The molecular formula is C18H26N4O7. The maximum atomic E-state index is 12.3. The third-order valence-electron chi connectivity index (χ3n) is 4.03. The second-order valence-electron chi connectivity index (χ2n) is 6.52. The number of benzene rings is 1. The van der Waals surface area contributed by atoms with E-state index in [-0.39, 0.29) is 12.2 Å². The average molecular weight is 410 g/mol. The van der Waals surface area contributed by atoms with Gasteiger partial charge < -0.3 is 37.0 Å². The number of aliphatic hydroxyl groups is 1. The predicted octanol–water partition coefficient (Wildman–Crippen LogP) is -2.17. The van der Waals surface area contributed by atoms with Gasteiger partial charge in [0.1, 0.15) is 29.9 Å². The molecule has 0 heterocycles. The summed E-state index contributed by atoms with van der Waals surface area (Å²) in [4.78, 5) is 47.4. The normalized spacial score (nSPS) is 14.8. The first-order chi connectivity index (χ1) is 13.5. The summed E-state index contributed by atoms with van der Waals surface area (Å²) in [6.45, 7) is 2.14.